The van der Waals surface area contributed by atoms with Crippen LogP contribution in [0.5, 0.6) is 0 Å². The fourth-order valence-electron chi connectivity index (χ4n) is 2.73. The summed E-state index contributed by atoms with van der Waals surface area (Å²) in [5.41, 5.74) is 3.98. The number of carbonyl (C=O) groups excluding carboxylic acids is 1. The van der Waals surface area contributed by atoms with Gasteiger partial charge >= 0.3 is 0 Å². The van der Waals surface area contributed by atoms with E-state index in [9.17, 15) is 9.59 Å². The van der Waals surface area contributed by atoms with Gasteiger partial charge in [0.15, 0.2) is 5.16 Å². The lowest BCUT2D eigenvalue weighted by Crippen LogP contribution is -2.28. The van der Waals surface area contributed by atoms with Gasteiger partial charge in [0.1, 0.15) is 0 Å². The van der Waals surface area contributed by atoms with E-state index in [1.165, 1.54) is 17.3 Å². The van der Waals surface area contributed by atoms with Crippen molar-refractivity contribution in [1.82, 2.24) is 19.9 Å². The van der Waals surface area contributed by atoms with Crippen molar-refractivity contribution in [2.24, 2.45) is 0 Å². The van der Waals surface area contributed by atoms with E-state index >= 15 is 0 Å². The summed E-state index contributed by atoms with van der Waals surface area (Å²) in [7, 11) is 0. The Bertz CT molecular complexity index is 977. The molecule has 3 aromatic rings. The van der Waals surface area contributed by atoms with E-state index in [0.29, 0.717) is 25.3 Å². The Hall–Kier alpha value is -2.54. The number of thioether (sulfide) groups is 1. The number of pyridine rings is 1. The number of H-pyrrole nitrogens is 1. The SMILES string of the molecule is Cc1ccc2nc(SCC(=O)NCCCn3c(C)cccc3=O)[nH]c2c1. The molecular formula is C19H22N4O2S. The van der Waals surface area contributed by atoms with Crippen molar-refractivity contribution in [3.05, 3.63) is 58.0 Å². The van der Waals surface area contributed by atoms with Gasteiger partial charge in [0.05, 0.1) is 16.8 Å². The van der Waals surface area contributed by atoms with Crippen LogP contribution in [0.2, 0.25) is 0 Å². The Balaban J connectivity index is 1.43. The van der Waals surface area contributed by atoms with Crippen LogP contribution in [0.3, 0.4) is 0 Å². The molecule has 0 atom stereocenters. The molecule has 0 aliphatic carbocycles. The second-order valence-electron chi connectivity index (χ2n) is 6.21. The van der Waals surface area contributed by atoms with Crippen LogP contribution in [0.4, 0.5) is 0 Å². The molecule has 1 amide bonds. The Kier molecular flexibility index (Phi) is 5.78. The van der Waals surface area contributed by atoms with Crippen molar-refractivity contribution >= 4 is 28.7 Å². The number of rotatable bonds is 7. The normalized spacial score (nSPS) is 11.0. The molecule has 0 aliphatic heterocycles. The largest absolute Gasteiger partial charge is 0.355 e. The van der Waals surface area contributed by atoms with Crippen molar-refractivity contribution in [2.75, 3.05) is 12.3 Å². The molecule has 6 nitrogen and oxygen atoms in total. The first-order chi connectivity index (χ1) is 12.5. The number of aromatic nitrogens is 3. The number of amides is 1. The summed E-state index contributed by atoms with van der Waals surface area (Å²) in [6, 6.07) is 11.2. The summed E-state index contributed by atoms with van der Waals surface area (Å²) < 4.78 is 1.72. The van der Waals surface area contributed by atoms with Crippen LogP contribution >= 0.6 is 11.8 Å². The predicted molar refractivity (Wildman–Crippen MR) is 105 cm³/mol. The van der Waals surface area contributed by atoms with E-state index in [0.717, 1.165) is 21.9 Å². The molecule has 0 spiro atoms. The van der Waals surface area contributed by atoms with Gasteiger partial charge in [0.2, 0.25) is 5.91 Å². The highest BCUT2D eigenvalue weighted by Gasteiger charge is 2.07. The van der Waals surface area contributed by atoms with E-state index in [4.69, 9.17) is 0 Å². The minimum atomic E-state index is -0.0382. The van der Waals surface area contributed by atoms with Gasteiger partial charge in [-0.3, -0.25) is 9.59 Å². The van der Waals surface area contributed by atoms with Gasteiger partial charge in [-0.2, -0.15) is 0 Å². The average Bonchev–Trinajstić information content (AvgIpc) is 3.01. The Labute approximate surface area is 156 Å². The van der Waals surface area contributed by atoms with Gasteiger partial charge in [0, 0.05) is 24.8 Å². The molecule has 0 saturated carbocycles. The first kappa shape index (κ1) is 18.3. The van der Waals surface area contributed by atoms with E-state index in [1.54, 1.807) is 16.7 Å². The standard InChI is InChI=1S/C19H22N4O2S/c1-13-7-8-15-16(11-13)22-19(21-15)26-12-17(24)20-9-4-10-23-14(2)5-3-6-18(23)25/h3,5-8,11H,4,9-10,12H2,1-2H3,(H,20,24)(H,21,22). The summed E-state index contributed by atoms with van der Waals surface area (Å²) in [4.78, 5) is 31.5. The Morgan fingerprint density at radius 1 is 1.27 bits per heavy atom. The zero-order chi connectivity index (χ0) is 18.5. The van der Waals surface area contributed by atoms with E-state index in [-0.39, 0.29) is 11.5 Å². The smallest absolute Gasteiger partial charge is 0.250 e. The molecule has 2 heterocycles. The average molecular weight is 370 g/mol. The van der Waals surface area contributed by atoms with Gasteiger partial charge in [-0.25, -0.2) is 4.98 Å². The van der Waals surface area contributed by atoms with Crippen molar-refractivity contribution < 1.29 is 4.79 Å². The lowest BCUT2D eigenvalue weighted by Gasteiger charge is -2.09. The summed E-state index contributed by atoms with van der Waals surface area (Å²) in [6.45, 7) is 5.08. The van der Waals surface area contributed by atoms with Crippen LogP contribution in [0, 0.1) is 13.8 Å². The second-order valence-corrected chi connectivity index (χ2v) is 7.18. The number of imidazole rings is 1. The molecule has 0 fully saturated rings. The van der Waals surface area contributed by atoms with E-state index in [2.05, 4.69) is 15.3 Å². The molecule has 0 radical (unpaired) electrons. The van der Waals surface area contributed by atoms with Gasteiger partial charge in [-0.05, 0) is 44.0 Å². The number of fused-ring (bicyclic) bond motifs is 1. The van der Waals surface area contributed by atoms with Gasteiger partial charge in [-0.1, -0.05) is 23.9 Å². The molecule has 0 aliphatic rings. The number of aryl methyl sites for hydroxylation is 2. The summed E-state index contributed by atoms with van der Waals surface area (Å²) in [5.74, 6) is 0.270. The molecular weight excluding hydrogens is 348 g/mol. The molecule has 1 aromatic carbocycles. The fraction of sp³-hybridized carbons (Fsp3) is 0.316. The second kappa shape index (κ2) is 8.23. The number of hydrogen-bond donors (Lipinski definition) is 2. The Morgan fingerprint density at radius 2 is 2.12 bits per heavy atom. The number of nitrogens with zero attached hydrogens (tertiary/aromatic N) is 2. The van der Waals surface area contributed by atoms with Crippen molar-refractivity contribution in [3.63, 3.8) is 0 Å². The summed E-state index contributed by atoms with van der Waals surface area (Å²) in [5, 5.41) is 3.63. The third-order valence-corrected chi connectivity index (χ3v) is 4.98. The van der Waals surface area contributed by atoms with E-state index < -0.39 is 0 Å². The van der Waals surface area contributed by atoms with Crippen molar-refractivity contribution in [2.45, 2.75) is 32.0 Å². The lowest BCUT2D eigenvalue weighted by molar-refractivity contribution is -0.118. The topological polar surface area (TPSA) is 79.8 Å². The van der Waals surface area contributed by atoms with Gasteiger partial charge in [-0.15, -0.1) is 0 Å². The van der Waals surface area contributed by atoms with Crippen LogP contribution < -0.4 is 10.9 Å². The minimum absolute atomic E-state index is 0.00740. The molecule has 7 heteroatoms. The summed E-state index contributed by atoms with van der Waals surface area (Å²) in [6.07, 6.45) is 0.713. The molecule has 0 bridgehead atoms. The highest BCUT2D eigenvalue weighted by atomic mass is 32.2. The highest BCUT2D eigenvalue weighted by molar-refractivity contribution is 7.99. The fourth-order valence-corrected chi connectivity index (χ4v) is 3.44. The number of carbonyl (C=O) groups is 1. The molecule has 2 aromatic heterocycles. The molecule has 0 unspecified atom stereocenters. The first-order valence-electron chi connectivity index (χ1n) is 8.55. The predicted octanol–water partition coefficient (Wildman–Crippen LogP) is 2.64. The maximum Gasteiger partial charge on any atom is 0.250 e. The van der Waals surface area contributed by atoms with Crippen LogP contribution in [0.25, 0.3) is 11.0 Å². The number of aromatic amines is 1. The third kappa shape index (κ3) is 4.54. The molecule has 0 saturated heterocycles. The Morgan fingerprint density at radius 3 is 2.92 bits per heavy atom. The van der Waals surface area contributed by atoms with Crippen molar-refractivity contribution in [3.8, 4) is 0 Å². The van der Waals surface area contributed by atoms with Gasteiger partial charge in [0.25, 0.3) is 5.56 Å². The van der Waals surface area contributed by atoms with Crippen LogP contribution in [-0.2, 0) is 11.3 Å². The quantitative estimate of drug-likeness (QED) is 0.495. The molecule has 2 N–H and O–H groups in total. The van der Waals surface area contributed by atoms with Crippen LogP contribution in [-0.4, -0.2) is 32.7 Å². The van der Waals surface area contributed by atoms with E-state index in [1.807, 2.05) is 38.1 Å². The number of hydrogen-bond acceptors (Lipinski definition) is 4. The van der Waals surface area contributed by atoms with Crippen molar-refractivity contribution in [1.29, 1.82) is 0 Å². The van der Waals surface area contributed by atoms with Crippen LogP contribution in [0.15, 0.2) is 46.3 Å². The molecule has 26 heavy (non-hydrogen) atoms. The molecule has 3 rings (SSSR count). The third-order valence-electron chi connectivity index (χ3n) is 4.10. The zero-order valence-corrected chi connectivity index (χ0v) is 15.7. The minimum Gasteiger partial charge on any atom is -0.355 e. The monoisotopic (exact) mass is 370 g/mol. The zero-order valence-electron chi connectivity index (χ0n) is 14.9. The number of benzene rings is 1. The first-order valence-corrected chi connectivity index (χ1v) is 9.54. The van der Waals surface area contributed by atoms with Crippen LogP contribution in [0.1, 0.15) is 17.7 Å². The highest BCUT2D eigenvalue weighted by Crippen LogP contribution is 2.20. The van der Waals surface area contributed by atoms with Gasteiger partial charge < -0.3 is 14.9 Å². The maximum atomic E-state index is 12.0. The lowest BCUT2D eigenvalue weighted by atomic mass is 10.2. The number of nitrogens with one attached hydrogen (secondary N) is 2. The summed E-state index contributed by atoms with van der Waals surface area (Å²) >= 11 is 1.39. The maximum absolute atomic E-state index is 12.0. The molecule has 136 valence electrons.